The molecule has 0 aliphatic heterocycles. The third kappa shape index (κ3) is 4.09. The SMILES string of the molecule is COCOc1cccc2c1C(=O)c1ccc3c(c1C2=O)CC[C@](C)(O[Si](C)(C)C(C)(C)C)C3. The van der Waals surface area contributed by atoms with Gasteiger partial charge in [0.05, 0.1) is 11.2 Å². The van der Waals surface area contributed by atoms with Gasteiger partial charge < -0.3 is 13.9 Å². The van der Waals surface area contributed by atoms with Gasteiger partial charge in [-0.2, -0.15) is 0 Å². The highest BCUT2D eigenvalue weighted by molar-refractivity contribution is 6.74. The van der Waals surface area contributed by atoms with E-state index in [1.807, 2.05) is 12.1 Å². The predicted molar refractivity (Wildman–Crippen MR) is 131 cm³/mol. The lowest BCUT2D eigenvalue weighted by Gasteiger charge is -2.46. The van der Waals surface area contributed by atoms with Crippen LogP contribution in [0.3, 0.4) is 0 Å². The molecule has 0 N–H and O–H groups in total. The molecule has 0 fully saturated rings. The van der Waals surface area contributed by atoms with E-state index < -0.39 is 8.32 Å². The highest BCUT2D eigenvalue weighted by Gasteiger charge is 2.45. The highest BCUT2D eigenvalue weighted by atomic mass is 28.4. The van der Waals surface area contributed by atoms with E-state index in [2.05, 4.69) is 40.8 Å². The van der Waals surface area contributed by atoms with Crippen molar-refractivity contribution in [3.05, 3.63) is 63.7 Å². The van der Waals surface area contributed by atoms with Gasteiger partial charge in [-0.3, -0.25) is 9.59 Å². The number of methoxy groups -OCH3 is 1. The van der Waals surface area contributed by atoms with E-state index in [9.17, 15) is 9.59 Å². The van der Waals surface area contributed by atoms with Crippen molar-refractivity contribution in [2.45, 2.75) is 70.7 Å². The maximum Gasteiger partial charge on any atom is 0.198 e. The number of benzene rings is 2. The standard InChI is InChI=1S/C27H34O5Si/c1-26(2,3)33(6,7)32-27(4)14-13-18-17(15-27)11-12-20-22(18)24(28)19-9-8-10-21(31-16-30-5)23(19)25(20)29/h8-12H,13-16H2,1-7H3/t27-/m0/s1. The van der Waals surface area contributed by atoms with Crippen LogP contribution in [-0.4, -0.2) is 39.4 Å². The predicted octanol–water partition coefficient (Wildman–Crippen LogP) is 5.71. The van der Waals surface area contributed by atoms with Crippen LogP contribution in [0, 0.1) is 0 Å². The van der Waals surface area contributed by atoms with Crippen LogP contribution in [0.5, 0.6) is 5.75 Å². The van der Waals surface area contributed by atoms with E-state index in [1.54, 1.807) is 18.2 Å². The fraction of sp³-hybridized carbons (Fsp3) is 0.481. The number of rotatable bonds is 5. The molecule has 0 saturated heterocycles. The molecule has 2 aromatic rings. The molecule has 0 saturated carbocycles. The van der Waals surface area contributed by atoms with Gasteiger partial charge in [0, 0.05) is 30.2 Å². The summed E-state index contributed by atoms with van der Waals surface area (Å²) in [5.74, 6) is 0.111. The Morgan fingerprint density at radius 3 is 2.33 bits per heavy atom. The summed E-state index contributed by atoms with van der Waals surface area (Å²) >= 11 is 0. The van der Waals surface area contributed by atoms with E-state index in [0.717, 1.165) is 30.4 Å². The Kier molecular flexibility index (Phi) is 5.92. The zero-order valence-corrected chi connectivity index (χ0v) is 21.8. The van der Waals surface area contributed by atoms with E-state index in [1.165, 1.54) is 7.11 Å². The zero-order valence-electron chi connectivity index (χ0n) is 20.8. The third-order valence-electron chi connectivity index (χ3n) is 7.49. The van der Waals surface area contributed by atoms with E-state index >= 15 is 0 Å². The second-order valence-electron chi connectivity index (χ2n) is 11.0. The van der Waals surface area contributed by atoms with Crippen LogP contribution in [0.4, 0.5) is 0 Å². The Bertz CT molecular complexity index is 1130. The van der Waals surface area contributed by atoms with Crippen molar-refractivity contribution >= 4 is 19.9 Å². The summed E-state index contributed by atoms with van der Waals surface area (Å²) in [6.07, 6.45) is 2.29. The largest absolute Gasteiger partial charge is 0.467 e. The van der Waals surface area contributed by atoms with Crippen LogP contribution in [0.25, 0.3) is 0 Å². The molecular formula is C27H34O5Si. The highest BCUT2D eigenvalue weighted by Crippen LogP contribution is 2.44. The first-order valence-corrected chi connectivity index (χ1v) is 14.5. The Morgan fingerprint density at radius 2 is 1.67 bits per heavy atom. The first kappa shape index (κ1) is 23.9. The molecule has 0 spiro atoms. The van der Waals surface area contributed by atoms with Gasteiger partial charge in [-0.15, -0.1) is 0 Å². The Morgan fingerprint density at radius 1 is 1.00 bits per heavy atom. The van der Waals surface area contributed by atoms with E-state index in [0.29, 0.717) is 28.0 Å². The number of carbonyl (C=O) groups is 2. The maximum absolute atomic E-state index is 13.6. The molecule has 0 amide bonds. The van der Waals surface area contributed by atoms with Crippen molar-refractivity contribution < 1.29 is 23.5 Å². The molecule has 2 aliphatic carbocycles. The Labute approximate surface area is 197 Å². The summed E-state index contributed by atoms with van der Waals surface area (Å²) < 4.78 is 17.4. The van der Waals surface area contributed by atoms with Gasteiger partial charge in [0.1, 0.15) is 5.75 Å². The number of hydrogen-bond acceptors (Lipinski definition) is 5. The first-order chi connectivity index (χ1) is 15.4. The zero-order chi connectivity index (χ0) is 24.2. The van der Waals surface area contributed by atoms with Gasteiger partial charge in [0.2, 0.25) is 0 Å². The molecule has 2 aromatic carbocycles. The van der Waals surface area contributed by atoms with Crippen LogP contribution < -0.4 is 4.74 Å². The van der Waals surface area contributed by atoms with Crippen LogP contribution in [0.1, 0.15) is 77.1 Å². The van der Waals surface area contributed by atoms with E-state index in [-0.39, 0.29) is 29.0 Å². The molecule has 176 valence electrons. The molecule has 2 aliphatic rings. The minimum atomic E-state index is -1.95. The molecule has 0 aromatic heterocycles. The molecule has 0 heterocycles. The molecule has 0 unspecified atom stereocenters. The molecule has 1 atom stereocenters. The minimum Gasteiger partial charge on any atom is -0.467 e. The summed E-state index contributed by atoms with van der Waals surface area (Å²) in [6, 6.07) is 8.98. The lowest BCUT2D eigenvalue weighted by atomic mass is 9.74. The molecule has 33 heavy (non-hydrogen) atoms. The molecule has 0 bridgehead atoms. The number of hydrogen-bond donors (Lipinski definition) is 0. The Balaban J connectivity index is 1.72. The fourth-order valence-corrected chi connectivity index (χ4v) is 6.51. The summed E-state index contributed by atoms with van der Waals surface area (Å²) in [7, 11) is -0.429. The Hall–Kier alpha value is -2.28. The van der Waals surface area contributed by atoms with Crippen molar-refractivity contribution in [2.75, 3.05) is 13.9 Å². The van der Waals surface area contributed by atoms with Gasteiger partial charge in [0.15, 0.2) is 26.7 Å². The number of fused-ring (bicyclic) bond motifs is 4. The molecule has 4 rings (SSSR count). The topological polar surface area (TPSA) is 61.8 Å². The number of ketones is 2. The number of ether oxygens (including phenoxy) is 2. The van der Waals surface area contributed by atoms with Crippen molar-refractivity contribution in [2.24, 2.45) is 0 Å². The lowest BCUT2D eigenvalue weighted by molar-refractivity contribution is 0.0501. The van der Waals surface area contributed by atoms with Gasteiger partial charge >= 0.3 is 0 Å². The van der Waals surface area contributed by atoms with Crippen molar-refractivity contribution in [3.8, 4) is 5.75 Å². The normalized spacial score (nSPS) is 20.2. The van der Waals surface area contributed by atoms with Gasteiger partial charge in [0.25, 0.3) is 0 Å². The monoisotopic (exact) mass is 466 g/mol. The van der Waals surface area contributed by atoms with Crippen LogP contribution in [-0.2, 0) is 22.0 Å². The summed E-state index contributed by atoms with van der Waals surface area (Å²) in [4.78, 5) is 27.1. The molecule has 5 nitrogen and oxygen atoms in total. The smallest absolute Gasteiger partial charge is 0.198 e. The summed E-state index contributed by atoms with van der Waals surface area (Å²) in [6.45, 7) is 13.5. The fourth-order valence-electron chi connectivity index (χ4n) is 4.79. The van der Waals surface area contributed by atoms with Gasteiger partial charge in [-0.25, -0.2) is 0 Å². The van der Waals surface area contributed by atoms with Crippen LogP contribution >= 0.6 is 0 Å². The minimum absolute atomic E-state index is 0.0157. The second kappa shape index (κ2) is 8.19. The van der Waals surface area contributed by atoms with Gasteiger partial charge in [-0.1, -0.05) is 39.0 Å². The van der Waals surface area contributed by atoms with E-state index in [4.69, 9.17) is 13.9 Å². The van der Waals surface area contributed by atoms with Crippen molar-refractivity contribution in [3.63, 3.8) is 0 Å². The second-order valence-corrected chi connectivity index (χ2v) is 15.7. The van der Waals surface area contributed by atoms with Crippen LogP contribution in [0.15, 0.2) is 30.3 Å². The molecule has 6 heteroatoms. The quantitative estimate of drug-likeness (QED) is 0.356. The lowest BCUT2D eigenvalue weighted by Crippen LogP contribution is -2.50. The third-order valence-corrected chi connectivity index (χ3v) is 12.1. The average molecular weight is 467 g/mol. The number of carbonyl (C=O) groups excluding carboxylic acids is 2. The van der Waals surface area contributed by atoms with Crippen molar-refractivity contribution in [1.29, 1.82) is 0 Å². The molecule has 0 radical (unpaired) electrons. The first-order valence-electron chi connectivity index (χ1n) is 11.6. The average Bonchev–Trinajstić information content (AvgIpc) is 2.73. The van der Waals surface area contributed by atoms with Crippen molar-refractivity contribution in [1.82, 2.24) is 0 Å². The summed E-state index contributed by atoms with van der Waals surface area (Å²) in [5, 5.41) is 0.126. The molecular weight excluding hydrogens is 432 g/mol. The maximum atomic E-state index is 13.6. The van der Waals surface area contributed by atoms with Crippen LogP contribution in [0.2, 0.25) is 18.1 Å². The summed E-state index contributed by atoms with van der Waals surface area (Å²) in [5.41, 5.74) is 3.59. The van der Waals surface area contributed by atoms with Gasteiger partial charge in [-0.05, 0) is 61.2 Å².